The zero-order valence-corrected chi connectivity index (χ0v) is 19.3. The lowest BCUT2D eigenvalue weighted by Crippen LogP contribution is -2.45. The topological polar surface area (TPSA) is 106 Å². The molecule has 0 saturated carbocycles. The smallest absolute Gasteiger partial charge is 0.338 e. The van der Waals surface area contributed by atoms with E-state index >= 15 is 0 Å². The van der Waals surface area contributed by atoms with Gasteiger partial charge in [-0.1, -0.05) is 6.07 Å². The number of furan rings is 1. The zero-order chi connectivity index (χ0) is 24.9. The summed E-state index contributed by atoms with van der Waals surface area (Å²) in [5.74, 6) is -0.964. The van der Waals surface area contributed by atoms with E-state index in [0.29, 0.717) is 28.3 Å². The fraction of sp³-hybridized carbons (Fsp3) is 0.231. The van der Waals surface area contributed by atoms with Crippen LogP contribution in [0.1, 0.15) is 39.8 Å². The normalized spacial score (nSPS) is 15.3. The van der Waals surface area contributed by atoms with Gasteiger partial charge in [0.15, 0.2) is 0 Å². The highest BCUT2D eigenvalue weighted by Crippen LogP contribution is 2.29. The number of methoxy groups -OCH3 is 1. The first-order chi connectivity index (χ1) is 16.9. The number of esters is 1. The Labute approximate surface area is 201 Å². The molecule has 1 aromatic heterocycles. The maximum Gasteiger partial charge on any atom is 0.338 e. The number of ether oxygens (including phenoxy) is 2. The molecule has 0 radical (unpaired) electrons. The van der Waals surface area contributed by atoms with Crippen molar-refractivity contribution in [3.63, 3.8) is 0 Å². The van der Waals surface area contributed by atoms with Crippen LogP contribution in [-0.4, -0.2) is 48.3 Å². The van der Waals surface area contributed by atoms with Crippen LogP contribution in [-0.2, 0) is 20.9 Å². The minimum absolute atomic E-state index is 0.00235. The molecule has 9 nitrogen and oxygen atoms in total. The van der Waals surface area contributed by atoms with Crippen molar-refractivity contribution < 1.29 is 33.1 Å². The lowest BCUT2D eigenvalue weighted by atomic mass is 10.1. The summed E-state index contributed by atoms with van der Waals surface area (Å²) in [6, 6.07) is 14.9. The standard InChI is InChI=1S/C26H24N2O7/c1-3-34-26(32)17-9-11-19(12-10-17)28-23(29)15-22(25(28)31)27(16-21-8-5-13-35-21)24(30)18-6-4-7-20(14-18)33-2/h4-14,22H,3,15-16H2,1-2H3. The fourth-order valence-corrected chi connectivity index (χ4v) is 3.91. The molecule has 0 N–H and O–H groups in total. The quantitative estimate of drug-likeness (QED) is 0.362. The van der Waals surface area contributed by atoms with Gasteiger partial charge in [0.25, 0.3) is 11.8 Å². The van der Waals surface area contributed by atoms with Crippen LogP contribution in [0.3, 0.4) is 0 Å². The molecule has 35 heavy (non-hydrogen) atoms. The molecular weight excluding hydrogens is 452 g/mol. The van der Waals surface area contributed by atoms with Gasteiger partial charge in [0.05, 0.1) is 44.2 Å². The average molecular weight is 476 g/mol. The third-order valence-electron chi connectivity index (χ3n) is 5.62. The van der Waals surface area contributed by atoms with Crippen molar-refractivity contribution in [3.05, 3.63) is 83.8 Å². The maximum atomic E-state index is 13.5. The number of carbonyl (C=O) groups is 4. The van der Waals surface area contributed by atoms with Crippen molar-refractivity contribution in [2.45, 2.75) is 25.9 Å². The molecule has 3 aromatic rings. The lowest BCUT2D eigenvalue weighted by molar-refractivity contribution is -0.122. The zero-order valence-electron chi connectivity index (χ0n) is 19.3. The Balaban J connectivity index is 1.63. The third kappa shape index (κ3) is 4.93. The molecule has 1 fully saturated rings. The van der Waals surface area contributed by atoms with Crippen LogP contribution >= 0.6 is 0 Å². The largest absolute Gasteiger partial charge is 0.497 e. The summed E-state index contributed by atoms with van der Waals surface area (Å²) in [6.45, 7) is 1.94. The summed E-state index contributed by atoms with van der Waals surface area (Å²) in [5, 5.41) is 0. The van der Waals surface area contributed by atoms with Crippen molar-refractivity contribution in [1.82, 2.24) is 4.90 Å². The van der Waals surface area contributed by atoms with Gasteiger partial charge in [-0.2, -0.15) is 0 Å². The SMILES string of the molecule is CCOC(=O)c1ccc(N2C(=O)CC(N(Cc3ccco3)C(=O)c3cccc(OC)c3)C2=O)cc1. The van der Waals surface area contributed by atoms with Crippen LogP contribution in [0.5, 0.6) is 5.75 Å². The molecule has 3 amide bonds. The van der Waals surface area contributed by atoms with E-state index < -0.39 is 29.7 Å². The molecule has 1 atom stereocenters. The van der Waals surface area contributed by atoms with Gasteiger partial charge < -0.3 is 18.8 Å². The first-order valence-corrected chi connectivity index (χ1v) is 11.0. The Morgan fingerprint density at radius 1 is 1.06 bits per heavy atom. The molecule has 1 aliphatic rings. The number of imide groups is 1. The molecule has 1 unspecified atom stereocenters. The van der Waals surface area contributed by atoms with Crippen LogP contribution < -0.4 is 9.64 Å². The van der Waals surface area contributed by atoms with E-state index in [1.165, 1.54) is 42.5 Å². The van der Waals surface area contributed by atoms with Crippen LogP contribution in [0.15, 0.2) is 71.3 Å². The molecule has 2 aromatic carbocycles. The molecular formula is C26H24N2O7. The van der Waals surface area contributed by atoms with Crippen molar-refractivity contribution in [2.75, 3.05) is 18.6 Å². The van der Waals surface area contributed by atoms with Gasteiger partial charge >= 0.3 is 5.97 Å². The lowest BCUT2D eigenvalue weighted by Gasteiger charge is -2.27. The van der Waals surface area contributed by atoms with Crippen molar-refractivity contribution in [1.29, 1.82) is 0 Å². The van der Waals surface area contributed by atoms with Gasteiger partial charge in [-0.15, -0.1) is 0 Å². The molecule has 9 heteroatoms. The minimum Gasteiger partial charge on any atom is -0.497 e. The van der Waals surface area contributed by atoms with E-state index in [9.17, 15) is 19.2 Å². The number of hydrogen-bond acceptors (Lipinski definition) is 7. The second-order valence-electron chi connectivity index (χ2n) is 7.80. The first-order valence-electron chi connectivity index (χ1n) is 11.0. The summed E-state index contributed by atoms with van der Waals surface area (Å²) in [7, 11) is 1.49. The number of hydrogen-bond donors (Lipinski definition) is 0. The minimum atomic E-state index is -1.03. The molecule has 0 aliphatic carbocycles. The Bertz CT molecular complexity index is 1230. The van der Waals surface area contributed by atoms with Gasteiger partial charge in [0.2, 0.25) is 5.91 Å². The van der Waals surface area contributed by atoms with Gasteiger partial charge in [-0.25, -0.2) is 9.69 Å². The predicted molar refractivity (Wildman–Crippen MR) is 125 cm³/mol. The second-order valence-corrected chi connectivity index (χ2v) is 7.80. The number of benzene rings is 2. The summed E-state index contributed by atoms with van der Waals surface area (Å²) in [5.41, 5.74) is 0.926. The molecule has 1 saturated heterocycles. The van der Waals surface area contributed by atoms with Crippen LogP contribution in [0.4, 0.5) is 5.69 Å². The van der Waals surface area contributed by atoms with Crippen molar-refractivity contribution in [3.8, 4) is 5.75 Å². The highest BCUT2D eigenvalue weighted by molar-refractivity contribution is 6.23. The number of amides is 3. The van der Waals surface area contributed by atoms with E-state index in [-0.39, 0.29) is 19.6 Å². The van der Waals surface area contributed by atoms with E-state index in [1.807, 2.05) is 0 Å². The summed E-state index contributed by atoms with van der Waals surface area (Å²) < 4.78 is 15.6. The number of anilines is 1. The van der Waals surface area contributed by atoms with Crippen molar-refractivity contribution >= 4 is 29.4 Å². The van der Waals surface area contributed by atoms with E-state index in [2.05, 4.69) is 0 Å². The van der Waals surface area contributed by atoms with E-state index in [4.69, 9.17) is 13.9 Å². The highest BCUT2D eigenvalue weighted by atomic mass is 16.5. The van der Waals surface area contributed by atoms with Crippen LogP contribution in [0, 0.1) is 0 Å². The Morgan fingerprint density at radius 3 is 2.49 bits per heavy atom. The first kappa shape index (κ1) is 23.7. The van der Waals surface area contributed by atoms with Crippen molar-refractivity contribution in [2.24, 2.45) is 0 Å². The number of rotatable bonds is 8. The van der Waals surface area contributed by atoms with Crippen LogP contribution in [0.2, 0.25) is 0 Å². The average Bonchev–Trinajstić information content (AvgIpc) is 3.49. The van der Waals surface area contributed by atoms with Gasteiger partial charge in [0, 0.05) is 5.56 Å². The van der Waals surface area contributed by atoms with E-state index in [1.54, 1.807) is 43.3 Å². The van der Waals surface area contributed by atoms with Gasteiger partial charge in [-0.3, -0.25) is 14.4 Å². The molecule has 4 rings (SSSR count). The molecule has 0 bridgehead atoms. The van der Waals surface area contributed by atoms with E-state index in [0.717, 1.165) is 4.90 Å². The maximum absolute atomic E-state index is 13.5. The molecule has 2 heterocycles. The summed E-state index contributed by atoms with van der Waals surface area (Å²) in [4.78, 5) is 54.1. The van der Waals surface area contributed by atoms with Crippen LogP contribution in [0.25, 0.3) is 0 Å². The molecule has 1 aliphatic heterocycles. The number of nitrogens with zero attached hydrogens (tertiary/aromatic N) is 2. The van der Waals surface area contributed by atoms with Gasteiger partial charge in [0.1, 0.15) is 17.6 Å². The highest BCUT2D eigenvalue weighted by Gasteiger charge is 2.44. The monoisotopic (exact) mass is 476 g/mol. The Kier molecular flexibility index (Phi) is 6.96. The third-order valence-corrected chi connectivity index (χ3v) is 5.62. The van der Waals surface area contributed by atoms with Gasteiger partial charge in [-0.05, 0) is 61.5 Å². The summed E-state index contributed by atoms with van der Waals surface area (Å²) >= 11 is 0. The fourth-order valence-electron chi connectivity index (χ4n) is 3.91. The predicted octanol–water partition coefficient (Wildman–Crippen LogP) is 3.44. The molecule has 0 spiro atoms. The number of carbonyl (C=O) groups excluding carboxylic acids is 4. The second kappa shape index (κ2) is 10.3. The molecule has 180 valence electrons. The summed E-state index contributed by atoms with van der Waals surface area (Å²) in [6.07, 6.45) is 1.29. The Hall–Kier alpha value is -4.40. The Morgan fingerprint density at radius 2 is 1.83 bits per heavy atom.